The van der Waals surface area contributed by atoms with Crippen LogP contribution in [0.1, 0.15) is 48.0 Å². The Morgan fingerprint density at radius 2 is 2.20 bits per heavy atom. The van der Waals surface area contributed by atoms with E-state index in [9.17, 15) is 0 Å². The van der Waals surface area contributed by atoms with Gasteiger partial charge in [0.2, 0.25) is 0 Å². The summed E-state index contributed by atoms with van der Waals surface area (Å²) >= 11 is 1.64. The first-order valence-electron chi connectivity index (χ1n) is 6.72. The lowest BCUT2D eigenvalue weighted by atomic mass is 10.1. The Morgan fingerprint density at radius 3 is 2.80 bits per heavy atom. The van der Waals surface area contributed by atoms with Crippen molar-refractivity contribution in [2.24, 2.45) is 7.05 Å². The van der Waals surface area contributed by atoms with Gasteiger partial charge in [-0.2, -0.15) is 5.10 Å². The third-order valence-corrected chi connectivity index (χ3v) is 4.65. The molecule has 2 aromatic heterocycles. The van der Waals surface area contributed by atoms with Gasteiger partial charge in [0.25, 0.3) is 0 Å². The van der Waals surface area contributed by atoms with Crippen molar-refractivity contribution in [2.45, 2.75) is 39.5 Å². The Morgan fingerprint density at radius 1 is 1.45 bits per heavy atom. The summed E-state index contributed by atoms with van der Waals surface area (Å²) in [6.45, 7) is 7.00. The number of methoxy groups -OCH3 is 1. The first-order chi connectivity index (χ1) is 9.52. The molecule has 6 heteroatoms. The minimum absolute atomic E-state index is 0.0618. The zero-order valence-electron chi connectivity index (χ0n) is 12.7. The fourth-order valence-corrected chi connectivity index (χ4v) is 2.85. The number of ether oxygens (including phenoxy) is 1. The molecular formula is C14H22N4OS. The van der Waals surface area contributed by atoms with E-state index in [1.807, 2.05) is 24.9 Å². The topological polar surface area (TPSA) is 52.0 Å². The first-order valence-corrected chi connectivity index (χ1v) is 7.59. The first kappa shape index (κ1) is 15.2. The molecule has 0 saturated heterocycles. The molecule has 5 nitrogen and oxygen atoms in total. The van der Waals surface area contributed by atoms with Gasteiger partial charge < -0.3 is 10.1 Å². The molecule has 0 aliphatic rings. The largest absolute Gasteiger partial charge is 0.375 e. The summed E-state index contributed by atoms with van der Waals surface area (Å²) < 4.78 is 7.18. The van der Waals surface area contributed by atoms with E-state index in [1.54, 1.807) is 18.4 Å². The Labute approximate surface area is 124 Å². The maximum atomic E-state index is 5.28. The molecule has 20 heavy (non-hydrogen) atoms. The van der Waals surface area contributed by atoms with E-state index in [1.165, 1.54) is 11.3 Å². The molecule has 0 amide bonds. The molecule has 0 radical (unpaired) electrons. The van der Waals surface area contributed by atoms with Crippen molar-refractivity contribution in [3.05, 3.63) is 33.5 Å². The lowest BCUT2D eigenvalue weighted by molar-refractivity contribution is 0.119. The highest BCUT2D eigenvalue weighted by Gasteiger charge is 2.13. The van der Waals surface area contributed by atoms with Crippen LogP contribution in [-0.4, -0.2) is 21.9 Å². The van der Waals surface area contributed by atoms with Gasteiger partial charge in [0.05, 0.1) is 11.9 Å². The van der Waals surface area contributed by atoms with Crippen LogP contribution in [0.5, 0.6) is 0 Å². The van der Waals surface area contributed by atoms with Crippen LogP contribution >= 0.6 is 11.3 Å². The molecule has 2 atom stereocenters. The van der Waals surface area contributed by atoms with E-state index in [4.69, 9.17) is 4.74 Å². The Balaban J connectivity index is 1.95. The van der Waals surface area contributed by atoms with E-state index in [0.29, 0.717) is 0 Å². The summed E-state index contributed by atoms with van der Waals surface area (Å²) in [5.41, 5.74) is 3.48. The minimum atomic E-state index is 0.0618. The highest BCUT2D eigenvalue weighted by atomic mass is 32.1. The van der Waals surface area contributed by atoms with Crippen LogP contribution in [0.25, 0.3) is 0 Å². The fraction of sp³-hybridized carbons (Fsp3) is 0.571. The van der Waals surface area contributed by atoms with Crippen molar-refractivity contribution in [2.75, 3.05) is 7.11 Å². The predicted octanol–water partition coefficient (Wildman–Crippen LogP) is 2.74. The number of aryl methyl sites for hydroxylation is 1. The van der Waals surface area contributed by atoms with Crippen LogP contribution in [0.3, 0.4) is 0 Å². The van der Waals surface area contributed by atoms with E-state index >= 15 is 0 Å². The molecular weight excluding hydrogens is 272 g/mol. The maximum Gasteiger partial charge on any atom is 0.122 e. The predicted molar refractivity (Wildman–Crippen MR) is 80.7 cm³/mol. The van der Waals surface area contributed by atoms with Crippen molar-refractivity contribution in [3.63, 3.8) is 0 Å². The van der Waals surface area contributed by atoms with Crippen molar-refractivity contribution < 1.29 is 4.74 Å². The number of hydrogen-bond acceptors (Lipinski definition) is 5. The van der Waals surface area contributed by atoms with E-state index in [0.717, 1.165) is 17.2 Å². The molecule has 0 aromatic carbocycles. The quantitative estimate of drug-likeness (QED) is 0.890. The Kier molecular flexibility index (Phi) is 4.91. The molecule has 0 fully saturated rings. The van der Waals surface area contributed by atoms with Gasteiger partial charge >= 0.3 is 0 Å². The zero-order chi connectivity index (χ0) is 14.7. The minimum Gasteiger partial charge on any atom is -0.375 e. The Hall–Kier alpha value is -1.24. The third-order valence-electron chi connectivity index (χ3n) is 3.60. The van der Waals surface area contributed by atoms with Crippen LogP contribution in [0.2, 0.25) is 0 Å². The van der Waals surface area contributed by atoms with Crippen molar-refractivity contribution in [3.8, 4) is 0 Å². The molecule has 2 rings (SSSR count). The van der Waals surface area contributed by atoms with Gasteiger partial charge in [-0.15, -0.1) is 11.3 Å². The smallest absolute Gasteiger partial charge is 0.122 e. The highest BCUT2D eigenvalue weighted by molar-refractivity contribution is 7.09. The van der Waals surface area contributed by atoms with Gasteiger partial charge in [-0.3, -0.25) is 4.68 Å². The number of hydrogen-bond donors (Lipinski definition) is 1. The van der Waals surface area contributed by atoms with Crippen molar-refractivity contribution in [1.82, 2.24) is 20.1 Å². The number of nitrogens with one attached hydrogen (secondary N) is 1. The van der Waals surface area contributed by atoms with Gasteiger partial charge in [0.1, 0.15) is 11.1 Å². The van der Waals surface area contributed by atoms with Crippen molar-refractivity contribution in [1.29, 1.82) is 0 Å². The normalized spacial score (nSPS) is 14.4. The van der Waals surface area contributed by atoms with E-state index in [2.05, 4.69) is 34.6 Å². The van der Waals surface area contributed by atoms with Gasteiger partial charge in [-0.1, -0.05) is 0 Å². The molecule has 0 saturated carbocycles. The van der Waals surface area contributed by atoms with Gasteiger partial charge in [0, 0.05) is 43.4 Å². The SMILES string of the molecule is CO[C@@H](C)c1nc(CN[C@H](C)c2cnn(C)c2C)cs1. The van der Waals surface area contributed by atoms with Crippen LogP contribution in [-0.2, 0) is 18.3 Å². The molecule has 1 N–H and O–H groups in total. The second-order valence-electron chi connectivity index (χ2n) is 4.97. The van der Waals surface area contributed by atoms with Crippen LogP contribution in [0.4, 0.5) is 0 Å². The summed E-state index contributed by atoms with van der Waals surface area (Å²) in [4.78, 5) is 4.58. The van der Waals surface area contributed by atoms with Crippen LogP contribution in [0, 0.1) is 6.92 Å². The second kappa shape index (κ2) is 6.47. The van der Waals surface area contributed by atoms with Gasteiger partial charge in [-0.05, 0) is 20.8 Å². The third kappa shape index (κ3) is 3.26. The number of thiazole rings is 1. The molecule has 2 heterocycles. The molecule has 0 aliphatic carbocycles. The lowest BCUT2D eigenvalue weighted by Gasteiger charge is -2.12. The van der Waals surface area contributed by atoms with Crippen LogP contribution < -0.4 is 5.32 Å². The molecule has 0 aliphatic heterocycles. The van der Waals surface area contributed by atoms with Gasteiger partial charge in [0.15, 0.2) is 0 Å². The molecule has 0 bridgehead atoms. The zero-order valence-corrected chi connectivity index (χ0v) is 13.5. The highest BCUT2D eigenvalue weighted by Crippen LogP contribution is 2.21. The standard InChI is InChI=1S/C14H22N4OS/c1-9(13-7-16-18(4)10(13)2)15-6-12-8-20-14(17-12)11(3)19-5/h7-9,11,15H,6H2,1-5H3/t9-,11+/m1/s1. The average molecular weight is 294 g/mol. The van der Waals surface area contributed by atoms with Crippen LogP contribution in [0.15, 0.2) is 11.6 Å². The molecule has 110 valence electrons. The van der Waals surface area contributed by atoms with E-state index < -0.39 is 0 Å². The van der Waals surface area contributed by atoms with E-state index in [-0.39, 0.29) is 12.1 Å². The average Bonchev–Trinajstić information content (AvgIpc) is 3.04. The lowest BCUT2D eigenvalue weighted by Crippen LogP contribution is -2.19. The molecule has 2 aromatic rings. The summed E-state index contributed by atoms with van der Waals surface area (Å²) in [7, 11) is 3.67. The summed E-state index contributed by atoms with van der Waals surface area (Å²) in [6, 6.07) is 0.258. The molecule has 0 spiro atoms. The maximum absolute atomic E-state index is 5.28. The summed E-state index contributed by atoms with van der Waals surface area (Å²) in [5.74, 6) is 0. The summed E-state index contributed by atoms with van der Waals surface area (Å²) in [5, 5.41) is 10.9. The number of aromatic nitrogens is 3. The summed E-state index contributed by atoms with van der Waals surface area (Å²) in [6.07, 6.45) is 1.98. The Bertz CT molecular complexity index is 563. The number of rotatable bonds is 6. The second-order valence-corrected chi connectivity index (χ2v) is 5.86. The van der Waals surface area contributed by atoms with Crippen molar-refractivity contribution >= 4 is 11.3 Å². The number of nitrogens with zero attached hydrogens (tertiary/aromatic N) is 3. The van der Waals surface area contributed by atoms with Gasteiger partial charge in [-0.25, -0.2) is 4.98 Å². The fourth-order valence-electron chi connectivity index (χ4n) is 2.00. The monoisotopic (exact) mass is 294 g/mol. The molecule has 0 unspecified atom stereocenters.